The molecule has 0 atom stereocenters. The fourth-order valence-electron chi connectivity index (χ4n) is 2.18. The molecule has 0 saturated carbocycles. The summed E-state index contributed by atoms with van der Waals surface area (Å²) in [5.41, 5.74) is 1.97. The molecule has 3 aromatic rings. The number of hydrogen-bond acceptors (Lipinski definition) is 7. The Labute approximate surface area is 168 Å². The first-order chi connectivity index (χ1) is 13.5. The summed E-state index contributed by atoms with van der Waals surface area (Å²) in [6.45, 7) is 1.45. The van der Waals surface area contributed by atoms with E-state index in [0.717, 1.165) is 5.69 Å². The lowest BCUT2D eigenvalue weighted by atomic mass is 10.3. The van der Waals surface area contributed by atoms with E-state index in [-0.39, 0.29) is 23.4 Å². The molecule has 2 aromatic carbocycles. The fourth-order valence-corrected chi connectivity index (χ4v) is 3.75. The van der Waals surface area contributed by atoms with Crippen LogP contribution in [0.1, 0.15) is 6.92 Å². The number of aromatic nitrogens is 2. The number of halogens is 1. The molecule has 0 radical (unpaired) electrons. The van der Waals surface area contributed by atoms with Crippen molar-refractivity contribution in [3.05, 3.63) is 54.3 Å². The number of hydrogen-bond donors (Lipinski definition) is 3. The predicted molar refractivity (Wildman–Crippen MR) is 110 cm³/mol. The Bertz CT molecular complexity index is 978. The third kappa shape index (κ3) is 6.03. The monoisotopic (exact) mass is 417 g/mol. The van der Waals surface area contributed by atoms with Crippen LogP contribution < -0.4 is 16.0 Å². The molecule has 3 N–H and O–H groups in total. The lowest BCUT2D eigenvalue weighted by molar-refractivity contribution is -0.114. The second kappa shape index (κ2) is 9.29. The highest BCUT2D eigenvalue weighted by Gasteiger charge is 2.09. The summed E-state index contributed by atoms with van der Waals surface area (Å²) in [5, 5.41) is 17.2. The second-order valence-corrected chi connectivity index (χ2v) is 7.80. The van der Waals surface area contributed by atoms with Crippen LogP contribution in [0.4, 0.5) is 26.6 Å². The van der Waals surface area contributed by atoms with E-state index in [2.05, 4.69) is 26.1 Å². The number of nitrogens with one attached hydrogen (secondary N) is 3. The van der Waals surface area contributed by atoms with E-state index in [1.807, 2.05) is 12.1 Å². The van der Waals surface area contributed by atoms with Gasteiger partial charge in [-0.3, -0.25) is 9.59 Å². The Hall–Kier alpha value is -2.98. The lowest BCUT2D eigenvalue weighted by Crippen LogP contribution is -2.13. The van der Waals surface area contributed by atoms with E-state index in [0.29, 0.717) is 20.8 Å². The second-order valence-electron chi connectivity index (χ2n) is 5.60. The first kappa shape index (κ1) is 19.8. The van der Waals surface area contributed by atoms with Gasteiger partial charge in [-0.05, 0) is 42.5 Å². The first-order valence-electron chi connectivity index (χ1n) is 8.14. The number of benzene rings is 2. The molecule has 7 nitrogen and oxygen atoms in total. The smallest absolute Gasteiger partial charge is 0.234 e. The van der Waals surface area contributed by atoms with Crippen LogP contribution in [-0.4, -0.2) is 27.8 Å². The summed E-state index contributed by atoms with van der Waals surface area (Å²) in [4.78, 5) is 23.1. The van der Waals surface area contributed by atoms with E-state index in [9.17, 15) is 14.0 Å². The summed E-state index contributed by atoms with van der Waals surface area (Å²) in [6.07, 6.45) is 0. The van der Waals surface area contributed by atoms with Gasteiger partial charge in [0.2, 0.25) is 16.9 Å². The van der Waals surface area contributed by atoms with Crippen LogP contribution in [0.2, 0.25) is 0 Å². The molecule has 28 heavy (non-hydrogen) atoms. The van der Waals surface area contributed by atoms with Crippen molar-refractivity contribution in [1.29, 1.82) is 0 Å². The van der Waals surface area contributed by atoms with Gasteiger partial charge in [-0.25, -0.2) is 4.39 Å². The van der Waals surface area contributed by atoms with Gasteiger partial charge < -0.3 is 16.0 Å². The minimum absolute atomic E-state index is 0.148. The van der Waals surface area contributed by atoms with E-state index in [1.165, 1.54) is 54.3 Å². The maximum atomic E-state index is 12.9. The average molecular weight is 417 g/mol. The summed E-state index contributed by atoms with van der Waals surface area (Å²) in [5.74, 6) is -0.566. The molecule has 0 bridgehead atoms. The predicted octanol–water partition coefficient (Wildman–Crippen LogP) is 4.11. The average Bonchev–Trinajstić information content (AvgIpc) is 3.09. The lowest BCUT2D eigenvalue weighted by Gasteiger charge is -2.05. The molecule has 0 fully saturated rings. The Kier molecular flexibility index (Phi) is 6.56. The normalized spacial score (nSPS) is 10.4. The minimum atomic E-state index is -0.358. The number of amides is 2. The van der Waals surface area contributed by atoms with Crippen LogP contribution in [0.25, 0.3) is 0 Å². The molecule has 10 heteroatoms. The standard InChI is InChI=1S/C18H16FN5O2S2/c1-11(25)20-14-3-2-4-15(9-14)22-17-23-24-18(28-17)27-10-16(26)21-13-7-5-12(19)6-8-13/h2-9H,10H2,1H3,(H,20,25)(H,21,26)(H,22,23). The SMILES string of the molecule is CC(=O)Nc1cccc(Nc2nnc(SCC(=O)Nc3ccc(F)cc3)s2)c1. The summed E-state index contributed by atoms with van der Waals surface area (Å²) in [6, 6.07) is 12.8. The van der Waals surface area contributed by atoms with Gasteiger partial charge >= 0.3 is 0 Å². The number of rotatable bonds is 7. The minimum Gasteiger partial charge on any atom is -0.330 e. The molecule has 0 aliphatic heterocycles. The van der Waals surface area contributed by atoms with Crippen molar-refractivity contribution in [2.24, 2.45) is 0 Å². The number of carbonyl (C=O) groups excluding carboxylic acids is 2. The number of carbonyl (C=O) groups is 2. The molecule has 0 unspecified atom stereocenters. The third-order valence-corrected chi connectivity index (χ3v) is 5.27. The molecule has 144 valence electrons. The van der Waals surface area contributed by atoms with Gasteiger partial charge in [-0.1, -0.05) is 29.2 Å². The molecule has 2 amide bonds. The molecule has 0 aliphatic carbocycles. The van der Waals surface area contributed by atoms with Crippen LogP contribution >= 0.6 is 23.1 Å². The van der Waals surface area contributed by atoms with Gasteiger partial charge in [-0.15, -0.1) is 10.2 Å². The van der Waals surface area contributed by atoms with Crippen molar-refractivity contribution in [3.63, 3.8) is 0 Å². The first-order valence-corrected chi connectivity index (χ1v) is 9.94. The van der Waals surface area contributed by atoms with Crippen LogP contribution in [0.3, 0.4) is 0 Å². The Morgan fingerprint density at radius 1 is 1.04 bits per heavy atom. The Morgan fingerprint density at radius 3 is 2.54 bits per heavy atom. The van der Waals surface area contributed by atoms with Gasteiger partial charge in [0.25, 0.3) is 0 Å². The topological polar surface area (TPSA) is 96.0 Å². The summed E-state index contributed by atoms with van der Waals surface area (Å²) < 4.78 is 13.5. The van der Waals surface area contributed by atoms with Crippen molar-refractivity contribution < 1.29 is 14.0 Å². The van der Waals surface area contributed by atoms with Crippen molar-refractivity contribution in [2.45, 2.75) is 11.3 Å². The molecule has 0 spiro atoms. The van der Waals surface area contributed by atoms with Crippen LogP contribution in [0.15, 0.2) is 52.9 Å². The molecule has 0 aliphatic rings. The number of thioether (sulfide) groups is 1. The highest BCUT2D eigenvalue weighted by atomic mass is 32.2. The molecular formula is C18H16FN5O2S2. The summed E-state index contributed by atoms with van der Waals surface area (Å²) >= 11 is 2.57. The van der Waals surface area contributed by atoms with Crippen molar-refractivity contribution in [3.8, 4) is 0 Å². The molecule has 1 heterocycles. The fraction of sp³-hybridized carbons (Fsp3) is 0.111. The number of anilines is 4. The summed E-state index contributed by atoms with van der Waals surface area (Å²) in [7, 11) is 0. The highest BCUT2D eigenvalue weighted by Crippen LogP contribution is 2.28. The zero-order valence-corrected chi connectivity index (χ0v) is 16.4. The van der Waals surface area contributed by atoms with Crippen molar-refractivity contribution >= 4 is 57.1 Å². The van der Waals surface area contributed by atoms with Gasteiger partial charge in [0.05, 0.1) is 5.75 Å². The van der Waals surface area contributed by atoms with Crippen LogP contribution in [-0.2, 0) is 9.59 Å². The molecule has 0 saturated heterocycles. The van der Waals surface area contributed by atoms with Crippen molar-refractivity contribution in [2.75, 3.05) is 21.7 Å². The van der Waals surface area contributed by atoms with E-state index < -0.39 is 0 Å². The molecule has 3 rings (SSSR count). The Morgan fingerprint density at radius 2 is 1.79 bits per heavy atom. The van der Waals surface area contributed by atoms with Crippen LogP contribution in [0.5, 0.6) is 0 Å². The van der Waals surface area contributed by atoms with Crippen LogP contribution in [0, 0.1) is 5.82 Å². The maximum Gasteiger partial charge on any atom is 0.234 e. The van der Waals surface area contributed by atoms with Gasteiger partial charge in [0, 0.05) is 24.0 Å². The van der Waals surface area contributed by atoms with Gasteiger partial charge in [0.1, 0.15) is 5.82 Å². The van der Waals surface area contributed by atoms with E-state index in [1.54, 1.807) is 12.1 Å². The maximum absolute atomic E-state index is 12.9. The van der Waals surface area contributed by atoms with Gasteiger partial charge in [-0.2, -0.15) is 0 Å². The van der Waals surface area contributed by atoms with Gasteiger partial charge in [0.15, 0.2) is 4.34 Å². The zero-order chi connectivity index (χ0) is 19.9. The zero-order valence-electron chi connectivity index (χ0n) is 14.7. The van der Waals surface area contributed by atoms with E-state index in [4.69, 9.17) is 0 Å². The quantitative estimate of drug-likeness (QED) is 0.501. The highest BCUT2D eigenvalue weighted by molar-refractivity contribution is 8.01. The van der Waals surface area contributed by atoms with E-state index >= 15 is 0 Å². The number of nitrogens with zero attached hydrogens (tertiary/aromatic N) is 2. The largest absolute Gasteiger partial charge is 0.330 e. The molecular weight excluding hydrogens is 401 g/mol. The third-order valence-electron chi connectivity index (χ3n) is 3.30. The Balaban J connectivity index is 1.52. The van der Waals surface area contributed by atoms with Crippen molar-refractivity contribution in [1.82, 2.24) is 10.2 Å². The molecule has 1 aromatic heterocycles.